The Morgan fingerprint density at radius 3 is 2.04 bits per heavy atom. The number of amides is 1. The molecule has 0 heterocycles. The van der Waals surface area contributed by atoms with Crippen LogP contribution in [0.2, 0.25) is 0 Å². The first kappa shape index (κ1) is 21.9. The third-order valence-corrected chi connectivity index (χ3v) is 3.71. The third kappa shape index (κ3) is 6.59. The molecule has 0 saturated carbocycles. The average molecular weight is 382 g/mol. The van der Waals surface area contributed by atoms with Gasteiger partial charge in [0.15, 0.2) is 0 Å². The molecular weight excluding hydrogens is 360 g/mol. The standard InChI is InChI=1S/C17H22N2O8/c18-9-5-4-8-12(14(20)21)19(13(15(22)23)16(24)25)17(26)27-10-11-6-2-1-3-7-11/h1-3,6-7,12-13H,4-5,8-10,18H2,(H,20,21)(H,22,23)(H,24,25)/t12-/m0/s1. The number of nitrogens with two attached hydrogens (primary N) is 1. The molecule has 0 unspecified atom stereocenters. The molecule has 1 aromatic rings. The van der Waals surface area contributed by atoms with E-state index in [-0.39, 0.29) is 30.9 Å². The van der Waals surface area contributed by atoms with Crippen LogP contribution in [0.3, 0.4) is 0 Å². The SMILES string of the molecule is NCCCC[C@@H](C(=O)O)N(C(=O)OCc1ccccc1)C(C(=O)O)C(=O)O. The van der Waals surface area contributed by atoms with E-state index in [9.17, 15) is 34.5 Å². The lowest BCUT2D eigenvalue weighted by Gasteiger charge is -2.31. The fraction of sp³-hybridized carbons (Fsp3) is 0.412. The van der Waals surface area contributed by atoms with Crippen LogP contribution >= 0.6 is 0 Å². The van der Waals surface area contributed by atoms with Crippen LogP contribution in [0.25, 0.3) is 0 Å². The summed E-state index contributed by atoms with van der Waals surface area (Å²) in [5.41, 5.74) is 5.93. The van der Waals surface area contributed by atoms with Gasteiger partial charge in [-0.05, 0) is 31.4 Å². The number of carboxylic acids is 3. The number of carboxylic acid groups (broad SMARTS) is 3. The quantitative estimate of drug-likeness (QED) is 0.319. The highest BCUT2D eigenvalue weighted by molar-refractivity contribution is 6.01. The number of ether oxygens (including phenoxy) is 1. The number of benzene rings is 1. The van der Waals surface area contributed by atoms with Gasteiger partial charge in [-0.2, -0.15) is 0 Å². The van der Waals surface area contributed by atoms with E-state index in [1.54, 1.807) is 30.3 Å². The van der Waals surface area contributed by atoms with E-state index in [1.807, 2.05) is 0 Å². The van der Waals surface area contributed by atoms with Gasteiger partial charge in [0.25, 0.3) is 0 Å². The Balaban J connectivity index is 3.09. The summed E-state index contributed by atoms with van der Waals surface area (Å²) in [5.74, 6) is -5.27. The largest absolute Gasteiger partial charge is 0.480 e. The molecule has 0 aliphatic carbocycles. The summed E-state index contributed by atoms with van der Waals surface area (Å²) in [5, 5.41) is 27.8. The second-order valence-electron chi connectivity index (χ2n) is 5.66. The number of nitrogens with zero attached hydrogens (tertiary/aromatic N) is 1. The monoisotopic (exact) mass is 382 g/mol. The molecule has 1 atom stereocenters. The Morgan fingerprint density at radius 2 is 1.56 bits per heavy atom. The van der Waals surface area contributed by atoms with Gasteiger partial charge in [-0.3, -0.25) is 4.90 Å². The van der Waals surface area contributed by atoms with E-state index < -0.39 is 36.1 Å². The molecule has 0 aromatic heterocycles. The van der Waals surface area contributed by atoms with Gasteiger partial charge in [0, 0.05) is 0 Å². The maximum Gasteiger partial charge on any atom is 0.412 e. The first-order valence-corrected chi connectivity index (χ1v) is 8.17. The predicted octanol–water partition coefficient (Wildman–Crippen LogP) is 0.745. The zero-order valence-electron chi connectivity index (χ0n) is 14.5. The lowest BCUT2D eigenvalue weighted by Crippen LogP contribution is -2.57. The lowest BCUT2D eigenvalue weighted by molar-refractivity contribution is -0.159. The Morgan fingerprint density at radius 1 is 0.963 bits per heavy atom. The van der Waals surface area contributed by atoms with Crippen LogP contribution in [0, 0.1) is 0 Å². The van der Waals surface area contributed by atoms with Crippen LogP contribution in [0.5, 0.6) is 0 Å². The molecule has 0 aliphatic rings. The van der Waals surface area contributed by atoms with E-state index >= 15 is 0 Å². The zero-order valence-corrected chi connectivity index (χ0v) is 14.5. The Labute approximate surface area is 155 Å². The van der Waals surface area contributed by atoms with Crippen molar-refractivity contribution in [2.75, 3.05) is 6.54 Å². The van der Waals surface area contributed by atoms with Crippen molar-refractivity contribution in [1.29, 1.82) is 0 Å². The van der Waals surface area contributed by atoms with E-state index in [2.05, 4.69) is 0 Å². The fourth-order valence-corrected chi connectivity index (χ4v) is 2.41. The van der Waals surface area contributed by atoms with Crippen molar-refractivity contribution in [3.05, 3.63) is 35.9 Å². The van der Waals surface area contributed by atoms with Gasteiger partial charge < -0.3 is 25.8 Å². The highest BCUT2D eigenvalue weighted by atomic mass is 16.6. The van der Waals surface area contributed by atoms with Gasteiger partial charge in [-0.15, -0.1) is 0 Å². The average Bonchev–Trinajstić information content (AvgIpc) is 2.61. The number of aliphatic carboxylic acids is 3. The van der Waals surface area contributed by atoms with E-state index in [0.29, 0.717) is 12.0 Å². The number of hydrogen-bond acceptors (Lipinski definition) is 6. The summed E-state index contributed by atoms with van der Waals surface area (Å²) in [6.07, 6.45) is -0.804. The second kappa shape index (κ2) is 10.8. The number of hydrogen-bond donors (Lipinski definition) is 4. The van der Waals surface area contributed by atoms with Crippen molar-refractivity contribution in [3.8, 4) is 0 Å². The highest BCUT2D eigenvalue weighted by Crippen LogP contribution is 2.17. The van der Waals surface area contributed by atoms with Crippen molar-refractivity contribution < 1.29 is 39.2 Å². The second-order valence-corrected chi connectivity index (χ2v) is 5.66. The summed E-state index contributed by atoms with van der Waals surface area (Å²) in [7, 11) is 0. The van der Waals surface area contributed by atoms with E-state index in [4.69, 9.17) is 10.5 Å². The zero-order chi connectivity index (χ0) is 20.4. The van der Waals surface area contributed by atoms with Gasteiger partial charge in [0.1, 0.15) is 12.6 Å². The normalized spacial score (nSPS) is 11.6. The first-order valence-electron chi connectivity index (χ1n) is 8.17. The minimum absolute atomic E-state index is 0.163. The molecule has 1 rings (SSSR count). The van der Waals surface area contributed by atoms with Gasteiger partial charge in [0.2, 0.25) is 6.04 Å². The van der Waals surface area contributed by atoms with Crippen LogP contribution in [-0.2, 0) is 25.7 Å². The summed E-state index contributed by atoms with van der Waals surface area (Å²) in [4.78, 5) is 47.0. The van der Waals surface area contributed by atoms with Crippen LogP contribution in [-0.4, -0.2) is 62.8 Å². The smallest absolute Gasteiger partial charge is 0.412 e. The van der Waals surface area contributed by atoms with Gasteiger partial charge >= 0.3 is 24.0 Å². The molecule has 1 aromatic carbocycles. The molecule has 0 fully saturated rings. The summed E-state index contributed by atoms with van der Waals surface area (Å²) < 4.78 is 4.98. The Kier molecular flexibility index (Phi) is 8.73. The molecular formula is C17H22N2O8. The Bertz CT molecular complexity index is 650. The number of unbranched alkanes of at least 4 members (excludes halogenated alkanes) is 1. The highest BCUT2D eigenvalue weighted by Gasteiger charge is 2.44. The molecule has 0 aliphatic heterocycles. The lowest BCUT2D eigenvalue weighted by atomic mass is 10.1. The molecule has 0 bridgehead atoms. The summed E-state index contributed by atoms with van der Waals surface area (Å²) in [6.45, 7) is 0.00333. The maximum absolute atomic E-state index is 12.4. The van der Waals surface area contributed by atoms with Gasteiger partial charge in [0.05, 0.1) is 0 Å². The van der Waals surface area contributed by atoms with Crippen LogP contribution in [0.1, 0.15) is 24.8 Å². The minimum atomic E-state index is -2.40. The fourth-order valence-electron chi connectivity index (χ4n) is 2.41. The van der Waals surface area contributed by atoms with Crippen molar-refractivity contribution in [3.63, 3.8) is 0 Å². The molecule has 10 nitrogen and oxygen atoms in total. The number of carbonyl (C=O) groups excluding carboxylic acids is 1. The maximum atomic E-state index is 12.4. The molecule has 0 radical (unpaired) electrons. The molecule has 148 valence electrons. The molecule has 27 heavy (non-hydrogen) atoms. The van der Waals surface area contributed by atoms with Crippen LogP contribution in [0.15, 0.2) is 30.3 Å². The van der Waals surface area contributed by atoms with Crippen molar-refractivity contribution >= 4 is 24.0 Å². The van der Waals surface area contributed by atoms with Crippen molar-refractivity contribution in [2.45, 2.75) is 38.0 Å². The predicted molar refractivity (Wildman–Crippen MR) is 91.9 cm³/mol. The van der Waals surface area contributed by atoms with Crippen LogP contribution in [0.4, 0.5) is 4.79 Å². The summed E-state index contributed by atoms with van der Waals surface area (Å²) in [6, 6.07) is 4.31. The molecule has 1 amide bonds. The van der Waals surface area contributed by atoms with E-state index in [0.717, 1.165) is 0 Å². The van der Waals surface area contributed by atoms with E-state index in [1.165, 1.54) is 0 Å². The van der Waals surface area contributed by atoms with Gasteiger partial charge in [-0.1, -0.05) is 30.3 Å². The first-order chi connectivity index (χ1) is 12.8. The van der Waals surface area contributed by atoms with Crippen LogP contribution < -0.4 is 5.73 Å². The topological polar surface area (TPSA) is 167 Å². The minimum Gasteiger partial charge on any atom is -0.480 e. The number of carbonyl (C=O) groups is 4. The molecule has 0 spiro atoms. The Hall–Kier alpha value is -3.14. The molecule has 10 heteroatoms. The third-order valence-electron chi connectivity index (χ3n) is 3.71. The van der Waals surface area contributed by atoms with Crippen molar-refractivity contribution in [2.24, 2.45) is 5.73 Å². The molecule has 0 saturated heterocycles. The van der Waals surface area contributed by atoms with Crippen molar-refractivity contribution in [1.82, 2.24) is 4.90 Å². The van der Waals surface area contributed by atoms with Gasteiger partial charge in [-0.25, -0.2) is 19.2 Å². The summed E-state index contributed by atoms with van der Waals surface area (Å²) >= 11 is 0. The molecule has 5 N–H and O–H groups in total. The number of rotatable bonds is 11.